The maximum atomic E-state index is 11.4. The molecule has 0 saturated heterocycles. The van der Waals surface area contributed by atoms with Crippen molar-refractivity contribution in [3.8, 4) is 11.5 Å². The second-order valence-corrected chi connectivity index (χ2v) is 8.07. The minimum Gasteiger partial charge on any atom is -0.469 e. The minimum absolute atomic E-state index is 0.242. The first kappa shape index (κ1) is 24.5. The number of nitrogens with one attached hydrogen (secondary N) is 2. The van der Waals surface area contributed by atoms with Crippen molar-refractivity contribution in [2.45, 2.75) is 12.8 Å². The Morgan fingerprint density at radius 2 is 1.79 bits per heavy atom. The molecule has 6 nitrogen and oxygen atoms in total. The number of methoxy groups -OCH3 is 1. The van der Waals surface area contributed by atoms with Gasteiger partial charge in [0.05, 0.1) is 23.4 Å². The third-order valence-corrected chi connectivity index (χ3v) is 5.33. The summed E-state index contributed by atoms with van der Waals surface area (Å²) in [7, 11) is 1.38. The van der Waals surface area contributed by atoms with E-state index in [0.29, 0.717) is 45.2 Å². The lowest BCUT2D eigenvalue weighted by Gasteiger charge is -2.09. The van der Waals surface area contributed by atoms with E-state index in [1.165, 1.54) is 7.11 Å². The molecule has 3 aromatic carbocycles. The average molecular weight is 502 g/mol. The number of halogens is 2. The fourth-order valence-corrected chi connectivity index (χ4v) is 3.27. The molecule has 0 aromatic heterocycles. The van der Waals surface area contributed by atoms with Crippen LogP contribution in [0.5, 0.6) is 11.5 Å². The van der Waals surface area contributed by atoms with E-state index in [2.05, 4.69) is 20.6 Å². The maximum absolute atomic E-state index is 11.4. The number of anilines is 1. The highest BCUT2D eigenvalue weighted by atomic mass is 35.5. The molecule has 0 unspecified atom stereocenters. The fraction of sp³-hybridized carbons (Fsp3) is 0.125. The van der Waals surface area contributed by atoms with Gasteiger partial charge in [0.1, 0.15) is 11.5 Å². The van der Waals surface area contributed by atoms with E-state index < -0.39 is 0 Å². The van der Waals surface area contributed by atoms with Gasteiger partial charge in [-0.15, -0.1) is 0 Å². The first-order chi connectivity index (χ1) is 15.9. The molecule has 0 aliphatic carbocycles. The van der Waals surface area contributed by atoms with Crippen LogP contribution < -0.4 is 15.5 Å². The number of aryl methyl sites for hydroxylation is 1. The molecule has 9 heteroatoms. The Hall–Kier alpha value is -3.13. The van der Waals surface area contributed by atoms with Gasteiger partial charge in [-0.3, -0.25) is 10.2 Å². The lowest BCUT2D eigenvalue weighted by Crippen LogP contribution is -2.23. The van der Waals surface area contributed by atoms with Gasteiger partial charge < -0.3 is 14.8 Å². The second-order valence-electron chi connectivity index (χ2n) is 6.85. The lowest BCUT2D eigenvalue weighted by atomic mass is 10.1. The second kappa shape index (κ2) is 12.2. The molecule has 0 saturated carbocycles. The van der Waals surface area contributed by atoms with Gasteiger partial charge >= 0.3 is 5.97 Å². The van der Waals surface area contributed by atoms with Crippen LogP contribution in [0.25, 0.3) is 0 Å². The molecule has 170 valence electrons. The van der Waals surface area contributed by atoms with Crippen molar-refractivity contribution in [2.75, 3.05) is 12.4 Å². The number of hydrazone groups is 1. The largest absolute Gasteiger partial charge is 0.469 e. The van der Waals surface area contributed by atoms with Crippen molar-refractivity contribution in [3.05, 3.63) is 87.9 Å². The van der Waals surface area contributed by atoms with E-state index in [-0.39, 0.29) is 5.97 Å². The Morgan fingerprint density at radius 1 is 1.03 bits per heavy atom. The molecule has 0 heterocycles. The number of carbonyl (C=O) groups is 1. The zero-order chi connectivity index (χ0) is 23.6. The van der Waals surface area contributed by atoms with E-state index >= 15 is 0 Å². The minimum atomic E-state index is -0.242. The first-order valence-electron chi connectivity index (χ1n) is 9.92. The van der Waals surface area contributed by atoms with Gasteiger partial charge in [0.25, 0.3) is 0 Å². The van der Waals surface area contributed by atoms with Crippen molar-refractivity contribution in [2.24, 2.45) is 5.10 Å². The Bertz CT molecular complexity index is 1170. The van der Waals surface area contributed by atoms with Gasteiger partial charge in [0.2, 0.25) is 0 Å². The number of ether oxygens (including phenoxy) is 2. The number of rotatable bonds is 8. The highest BCUT2D eigenvalue weighted by Crippen LogP contribution is 2.25. The van der Waals surface area contributed by atoms with Gasteiger partial charge in [0, 0.05) is 12.1 Å². The molecular weight excluding hydrogens is 481 g/mol. The molecule has 33 heavy (non-hydrogen) atoms. The smallest absolute Gasteiger partial charge is 0.305 e. The summed E-state index contributed by atoms with van der Waals surface area (Å²) in [6.07, 6.45) is 2.53. The zero-order valence-corrected chi connectivity index (χ0v) is 20.0. The van der Waals surface area contributed by atoms with Crippen LogP contribution in [0, 0.1) is 0 Å². The number of hydrogen-bond acceptors (Lipinski definition) is 5. The van der Waals surface area contributed by atoms with Crippen molar-refractivity contribution in [1.82, 2.24) is 5.43 Å². The summed E-state index contributed by atoms with van der Waals surface area (Å²) in [5.41, 5.74) is 5.26. The lowest BCUT2D eigenvalue weighted by molar-refractivity contribution is -0.140. The molecule has 3 aromatic rings. The Balaban J connectivity index is 1.56. The molecule has 0 aliphatic heterocycles. The van der Waals surface area contributed by atoms with Crippen LogP contribution in [0.3, 0.4) is 0 Å². The molecule has 3 rings (SSSR count). The predicted octanol–water partition coefficient (Wildman–Crippen LogP) is 6.21. The molecule has 0 radical (unpaired) electrons. The Kier molecular flexibility index (Phi) is 9.06. The van der Waals surface area contributed by atoms with E-state index in [4.69, 9.17) is 40.2 Å². The van der Waals surface area contributed by atoms with Gasteiger partial charge in [-0.1, -0.05) is 47.5 Å². The summed E-state index contributed by atoms with van der Waals surface area (Å²) in [6.45, 7) is 0. The predicted molar refractivity (Wildman–Crippen MR) is 137 cm³/mol. The topological polar surface area (TPSA) is 72.0 Å². The number of benzene rings is 3. The SMILES string of the molecule is COC(=O)CCc1cccc(Oc2cccc(/C=N/NC(=S)Nc3ccc(Cl)c(Cl)c3)c2)c1. The first-order valence-corrected chi connectivity index (χ1v) is 11.1. The van der Waals surface area contributed by atoms with Crippen molar-refractivity contribution in [1.29, 1.82) is 0 Å². The van der Waals surface area contributed by atoms with Crippen LogP contribution in [-0.4, -0.2) is 24.4 Å². The zero-order valence-electron chi connectivity index (χ0n) is 17.7. The molecule has 0 bridgehead atoms. The highest BCUT2D eigenvalue weighted by molar-refractivity contribution is 7.80. The monoisotopic (exact) mass is 501 g/mol. The van der Waals surface area contributed by atoms with Crippen molar-refractivity contribution in [3.63, 3.8) is 0 Å². The normalized spacial score (nSPS) is 10.6. The van der Waals surface area contributed by atoms with E-state index in [1.807, 2.05) is 48.5 Å². The Labute approximate surface area is 207 Å². The average Bonchev–Trinajstić information content (AvgIpc) is 2.80. The van der Waals surface area contributed by atoms with Crippen LogP contribution in [0.1, 0.15) is 17.5 Å². The standard InChI is InChI=1S/C24H21Cl2N3O3S/c1-31-23(30)11-8-16-4-2-6-19(12-16)32-20-7-3-5-17(13-20)15-27-29-24(33)28-18-9-10-21(25)22(26)14-18/h2-7,9-10,12-15H,8,11H2,1H3,(H2,28,29,33)/b27-15+. The molecule has 0 aliphatic rings. The summed E-state index contributed by atoms with van der Waals surface area (Å²) in [6, 6.07) is 20.2. The van der Waals surface area contributed by atoms with Crippen molar-refractivity contribution >= 4 is 58.4 Å². The van der Waals surface area contributed by atoms with Crippen LogP contribution in [0.2, 0.25) is 10.0 Å². The molecule has 2 N–H and O–H groups in total. The van der Waals surface area contributed by atoms with Gasteiger partial charge in [0.15, 0.2) is 5.11 Å². The third-order valence-electron chi connectivity index (χ3n) is 4.39. The van der Waals surface area contributed by atoms with Gasteiger partial charge in [-0.25, -0.2) is 0 Å². The van der Waals surface area contributed by atoms with Crippen LogP contribution in [0.4, 0.5) is 5.69 Å². The highest BCUT2D eigenvalue weighted by Gasteiger charge is 2.04. The van der Waals surface area contributed by atoms with Crippen molar-refractivity contribution < 1.29 is 14.3 Å². The summed E-state index contributed by atoms with van der Waals surface area (Å²) in [5.74, 6) is 1.09. The summed E-state index contributed by atoms with van der Waals surface area (Å²) >= 11 is 17.1. The number of hydrogen-bond donors (Lipinski definition) is 2. The number of thiocarbonyl (C=S) groups is 1. The number of nitrogens with zero attached hydrogens (tertiary/aromatic N) is 1. The summed E-state index contributed by atoms with van der Waals surface area (Å²) in [5, 5.41) is 8.33. The molecule has 0 spiro atoms. The van der Waals surface area contributed by atoms with Crippen LogP contribution in [-0.2, 0) is 16.0 Å². The summed E-state index contributed by atoms with van der Waals surface area (Å²) in [4.78, 5) is 11.4. The van der Waals surface area contributed by atoms with E-state index in [1.54, 1.807) is 24.4 Å². The Morgan fingerprint density at radius 3 is 2.55 bits per heavy atom. The number of esters is 1. The number of carbonyl (C=O) groups excluding carboxylic acids is 1. The molecular formula is C24H21Cl2N3O3S. The quantitative estimate of drug-likeness (QED) is 0.165. The van der Waals surface area contributed by atoms with Gasteiger partial charge in [-0.05, 0) is 72.2 Å². The molecule has 0 fully saturated rings. The van der Waals surface area contributed by atoms with Gasteiger partial charge in [-0.2, -0.15) is 5.10 Å². The molecule has 0 amide bonds. The third kappa shape index (κ3) is 8.05. The van der Waals surface area contributed by atoms with Crippen LogP contribution in [0.15, 0.2) is 71.8 Å². The molecule has 0 atom stereocenters. The van der Waals surface area contributed by atoms with E-state index in [9.17, 15) is 4.79 Å². The van der Waals surface area contributed by atoms with Crippen LogP contribution >= 0.6 is 35.4 Å². The fourth-order valence-electron chi connectivity index (χ4n) is 2.81. The van der Waals surface area contributed by atoms with E-state index in [0.717, 1.165) is 11.1 Å². The summed E-state index contributed by atoms with van der Waals surface area (Å²) < 4.78 is 10.6. The maximum Gasteiger partial charge on any atom is 0.305 e.